The molecule has 2 aromatic rings. The van der Waals surface area contributed by atoms with Gasteiger partial charge in [0.2, 0.25) is 0 Å². The highest BCUT2D eigenvalue weighted by molar-refractivity contribution is 7.90. The molecule has 0 spiro atoms. The van der Waals surface area contributed by atoms with E-state index in [2.05, 4.69) is 20.2 Å². The van der Waals surface area contributed by atoms with Crippen molar-refractivity contribution in [3.8, 4) is 0 Å². The number of nitrogens with one attached hydrogen (secondary N) is 1. The molecule has 1 aliphatic rings. The van der Waals surface area contributed by atoms with E-state index >= 15 is 0 Å². The standard InChI is InChI=1S/C14H17N5O3S/c1-23(21,22)12-8-17-18-13(12)11-4-2-3-5-19(11)14(20)10-6-15-9-16-7-10/h6-9,11H,2-5H2,1H3,(H,17,18)/t11-/m0/s1. The Morgan fingerprint density at radius 3 is 2.70 bits per heavy atom. The van der Waals surface area contributed by atoms with Crippen LogP contribution in [0.4, 0.5) is 0 Å². The Balaban J connectivity index is 1.97. The van der Waals surface area contributed by atoms with Gasteiger partial charge in [0.1, 0.15) is 11.2 Å². The van der Waals surface area contributed by atoms with Crippen LogP contribution in [0.25, 0.3) is 0 Å². The van der Waals surface area contributed by atoms with Crippen LogP contribution < -0.4 is 0 Å². The van der Waals surface area contributed by atoms with E-state index in [1.807, 2.05) is 0 Å². The zero-order chi connectivity index (χ0) is 16.4. The zero-order valence-electron chi connectivity index (χ0n) is 12.6. The van der Waals surface area contributed by atoms with Crippen molar-refractivity contribution < 1.29 is 13.2 Å². The molecule has 0 aromatic carbocycles. The lowest BCUT2D eigenvalue weighted by molar-refractivity contribution is 0.0601. The summed E-state index contributed by atoms with van der Waals surface area (Å²) >= 11 is 0. The largest absolute Gasteiger partial charge is 0.330 e. The molecule has 122 valence electrons. The van der Waals surface area contributed by atoms with Crippen molar-refractivity contribution in [3.63, 3.8) is 0 Å². The maximum atomic E-state index is 12.7. The summed E-state index contributed by atoms with van der Waals surface area (Å²) in [7, 11) is -3.41. The molecule has 1 atom stereocenters. The number of H-pyrrole nitrogens is 1. The minimum absolute atomic E-state index is 0.145. The van der Waals surface area contributed by atoms with Crippen LogP contribution in [-0.4, -0.2) is 52.2 Å². The molecular formula is C14H17N5O3S. The summed E-state index contributed by atoms with van der Waals surface area (Å²) < 4.78 is 23.8. The number of piperidine rings is 1. The molecule has 0 aliphatic carbocycles. The van der Waals surface area contributed by atoms with Gasteiger partial charge in [0, 0.05) is 25.2 Å². The number of aromatic nitrogens is 4. The van der Waals surface area contributed by atoms with Crippen molar-refractivity contribution in [2.75, 3.05) is 12.8 Å². The number of hydrogen-bond acceptors (Lipinski definition) is 6. The van der Waals surface area contributed by atoms with Crippen LogP contribution in [0, 0.1) is 0 Å². The van der Waals surface area contributed by atoms with Crippen LogP contribution in [-0.2, 0) is 9.84 Å². The molecule has 8 nitrogen and oxygen atoms in total. The quantitative estimate of drug-likeness (QED) is 0.895. The van der Waals surface area contributed by atoms with Crippen molar-refractivity contribution >= 4 is 15.7 Å². The minimum atomic E-state index is -3.41. The number of amides is 1. The number of carbonyl (C=O) groups excluding carboxylic acids is 1. The Morgan fingerprint density at radius 1 is 1.26 bits per heavy atom. The number of rotatable bonds is 3. The fraction of sp³-hybridized carbons (Fsp3) is 0.429. The SMILES string of the molecule is CS(=O)(=O)c1cn[nH]c1[C@@H]1CCCCN1C(=O)c1cncnc1. The van der Waals surface area contributed by atoms with Gasteiger partial charge in [0.05, 0.1) is 23.5 Å². The summed E-state index contributed by atoms with van der Waals surface area (Å²) in [4.78, 5) is 22.3. The number of sulfone groups is 1. The lowest BCUT2D eigenvalue weighted by Gasteiger charge is -2.35. The number of aromatic amines is 1. The Bertz CT molecular complexity index is 803. The summed E-state index contributed by atoms with van der Waals surface area (Å²) in [5.74, 6) is -0.204. The van der Waals surface area contributed by atoms with Gasteiger partial charge in [-0.3, -0.25) is 9.89 Å². The molecule has 0 bridgehead atoms. The van der Waals surface area contributed by atoms with E-state index in [-0.39, 0.29) is 16.8 Å². The molecule has 1 N–H and O–H groups in total. The first kappa shape index (κ1) is 15.6. The second kappa shape index (κ2) is 6.07. The molecule has 1 aliphatic heterocycles. The Hall–Kier alpha value is -2.29. The van der Waals surface area contributed by atoms with E-state index in [4.69, 9.17) is 0 Å². The van der Waals surface area contributed by atoms with Gasteiger partial charge < -0.3 is 4.90 Å². The Morgan fingerprint density at radius 2 is 2.00 bits per heavy atom. The molecule has 0 unspecified atom stereocenters. The average Bonchev–Trinajstić information content (AvgIpc) is 3.05. The summed E-state index contributed by atoms with van der Waals surface area (Å²) in [5.41, 5.74) is 0.859. The van der Waals surface area contributed by atoms with Gasteiger partial charge in [-0.25, -0.2) is 18.4 Å². The second-order valence-corrected chi connectivity index (χ2v) is 7.54. The molecule has 2 aromatic heterocycles. The van der Waals surface area contributed by atoms with Crippen molar-refractivity contribution in [1.82, 2.24) is 25.1 Å². The van der Waals surface area contributed by atoms with Crippen LogP contribution in [0.2, 0.25) is 0 Å². The van der Waals surface area contributed by atoms with Crippen molar-refractivity contribution in [2.45, 2.75) is 30.2 Å². The summed E-state index contributed by atoms with van der Waals surface area (Å²) in [6.07, 6.45) is 9.21. The topological polar surface area (TPSA) is 109 Å². The average molecular weight is 335 g/mol. The van der Waals surface area contributed by atoms with E-state index in [9.17, 15) is 13.2 Å². The van der Waals surface area contributed by atoms with Crippen LogP contribution in [0.15, 0.2) is 29.8 Å². The van der Waals surface area contributed by atoms with Gasteiger partial charge >= 0.3 is 0 Å². The van der Waals surface area contributed by atoms with Gasteiger partial charge in [-0.1, -0.05) is 0 Å². The number of likely N-dealkylation sites (tertiary alicyclic amines) is 1. The third-order valence-electron chi connectivity index (χ3n) is 3.94. The predicted octanol–water partition coefficient (Wildman–Crippen LogP) is 0.971. The highest BCUT2D eigenvalue weighted by Crippen LogP contribution is 2.34. The maximum Gasteiger partial charge on any atom is 0.257 e. The highest BCUT2D eigenvalue weighted by Gasteiger charge is 2.33. The fourth-order valence-electron chi connectivity index (χ4n) is 2.87. The van der Waals surface area contributed by atoms with E-state index < -0.39 is 9.84 Å². The highest BCUT2D eigenvalue weighted by atomic mass is 32.2. The van der Waals surface area contributed by atoms with E-state index in [0.717, 1.165) is 19.1 Å². The summed E-state index contributed by atoms with van der Waals surface area (Å²) in [6.45, 7) is 0.556. The second-order valence-electron chi connectivity index (χ2n) is 5.56. The first-order valence-electron chi connectivity index (χ1n) is 7.28. The Kier molecular flexibility index (Phi) is 4.12. The third kappa shape index (κ3) is 3.09. The zero-order valence-corrected chi connectivity index (χ0v) is 13.5. The van der Waals surface area contributed by atoms with Crippen LogP contribution in [0.3, 0.4) is 0 Å². The molecule has 9 heteroatoms. The molecular weight excluding hydrogens is 318 g/mol. The minimum Gasteiger partial charge on any atom is -0.330 e. The Labute approximate surface area is 133 Å². The number of hydrogen-bond donors (Lipinski definition) is 1. The molecule has 1 amide bonds. The van der Waals surface area contributed by atoms with Crippen molar-refractivity contribution in [2.24, 2.45) is 0 Å². The molecule has 0 saturated carbocycles. The van der Waals surface area contributed by atoms with Crippen molar-refractivity contribution in [3.05, 3.63) is 36.2 Å². The number of nitrogens with zero attached hydrogens (tertiary/aromatic N) is 4. The van der Waals surface area contributed by atoms with Crippen LogP contribution in [0.5, 0.6) is 0 Å². The fourth-order valence-corrected chi connectivity index (χ4v) is 3.69. The molecule has 3 rings (SSSR count). The maximum absolute atomic E-state index is 12.7. The summed E-state index contributed by atoms with van der Waals surface area (Å²) in [5, 5.41) is 6.63. The molecule has 23 heavy (non-hydrogen) atoms. The molecule has 3 heterocycles. The van der Waals surface area contributed by atoms with E-state index in [1.165, 1.54) is 24.9 Å². The van der Waals surface area contributed by atoms with Gasteiger partial charge in [0.25, 0.3) is 5.91 Å². The van der Waals surface area contributed by atoms with Gasteiger partial charge in [0.15, 0.2) is 9.84 Å². The monoisotopic (exact) mass is 335 g/mol. The van der Waals surface area contributed by atoms with Gasteiger partial charge in [-0.15, -0.1) is 0 Å². The van der Waals surface area contributed by atoms with E-state index in [0.29, 0.717) is 24.2 Å². The molecule has 0 radical (unpaired) electrons. The lowest BCUT2D eigenvalue weighted by Crippen LogP contribution is -2.39. The van der Waals surface area contributed by atoms with Crippen molar-refractivity contribution in [1.29, 1.82) is 0 Å². The van der Waals surface area contributed by atoms with Crippen LogP contribution >= 0.6 is 0 Å². The van der Waals surface area contributed by atoms with Gasteiger partial charge in [-0.2, -0.15) is 5.10 Å². The summed E-state index contributed by atoms with van der Waals surface area (Å²) in [6, 6.07) is -0.344. The molecule has 1 fully saturated rings. The smallest absolute Gasteiger partial charge is 0.257 e. The van der Waals surface area contributed by atoms with Gasteiger partial charge in [-0.05, 0) is 19.3 Å². The van der Waals surface area contributed by atoms with Crippen LogP contribution in [0.1, 0.15) is 41.4 Å². The predicted molar refractivity (Wildman–Crippen MR) is 81.4 cm³/mol. The first-order chi connectivity index (χ1) is 11.0. The number of carbonyl (C=O) groups is 1. The van der Waals surface area contributed by atoms with E-state index in [1.54, 1.807) is 4.90 Å². The molecule has 1 saturated heterocycles. The normalized spacial score (nSPS) is 18.8. The first-order valence-corrected chi connectivity index (χ1v) is 9.17. The third-order valence-corrected chi connectivity index (χ3v) is 5.06. The lowest BCUT2D eigenvalue weighted by atomic mass is 9.98.